The van der Waals surface area contributed by atoms with E-state index in [-0.39, 0.29) is 32.7 Å². The summed E-state index contributed by atoms with van der Waals surface area (Å²) in [7, 11) is 1.35. The van der Waals surface area contributed by atoms with E-state index in [2.05, 4.69) is 5.32 Å². The summed E-state index contributed by atoms with van der Waals surface area (Å²) in [6.07, 6.45) is 0. The van der Waals surface area contributed by atoms with Crippen molar-refractivity contribution in [3.8, 4) is 5.75 Å². The summed E-state index contributed by atoms with van der Waals surface area (Å²) in [6.45, 7) is -0.631. The maximum Gasteiger partial charge on any atom is 0.340 e. The van der Waals surface area contributed by atoms with Gasteiger partial charge in [-0.1, -0.05) is 29.3 Å². The minimum atomic E-state index is -0.835. The van der Waals surface area contributed by atoms with Crippen molar-refractivity contribution >= 4 is 46.5 Å². The fraction of sp³-hybridized carbons (Fsp3) is 0.125. The van der Waals surface area contributed by atoms with Crippen molar-refractivity contribution in [2.45, 2.75) is 0 Å². The Morgan fingerprint density at radius 1 is 1.23 bits per heavy atom. The van der Waals surface area contributed by atoms with E-state index >= 15 is 0 Å². The number of benzene rings is 2. The van der Waals surface area contributed by atoms with Crippen molar-refractivity contribution in [3.63, 3.8) is 0 Å². The molecule has 0 aliphatic rings. The molecule has 0 aliphatic heterocycles. The van der Waals surface area contributed by atoms with Crippen LogP contribution < -0.4 is 10.1 Å². The number of hydrogen-bond donors (Lipinski definition) is 1. The monoisotopic (exact) mass is 398 g/mol. The number of carbonyl (C=O) groups excluding carboxylic acids is 2. The van der Waals surface area contributed by atoms with Crippen LogP contribution in [0.1, 0.15) is 10.4 Å². The third-order valence-corrected chi connectivity index (χ3v) is 3.99. The van der Waals surface area contributed by atoms with Gasteiger partial charge in [-0.25, -0.2) is 4.79 Å². The molecule has 0 bridgehead atoms. The van der Waals surface area contributed by atoms with E-state index in [9.17, 15) is 19.7 Å². The minimum absolute atomic E-state index is 0.0138. The third kappa shape index (κ3) is 4.62. The number of hydrogen-bond acceptors (Lipinski definition) is 6. The van der Waals surface area contributed by atoms with E-state index < -0.39 is 23.4 Å². The van der Waals surface area contributed by atoms with E-state index in [0.29, 0.717) is 0 Å². The highest BCUT2D eigenvalue weighted by Gasteiger charge is 2.17. The number of nitro groups is 1. The Bertz CT molecular complexity index is 872. The van der Waals surface area contributed by atoms with Gasteiger partial charge in [0.25, 0.3) is 11.6 Å². The summed E-state index contributed by atoms with van der Waals surface area (Å²) in [4.78, 5) is 34.2. The molecular weight excluding hydrogens is 387 g/mol. The number of nitrogens with zero attached hydrogens (tertiary/aromatic N) is 1. The second-order valence-corrected chi connectivity index (χ2v) is 5.65. The fourth-order valence-corrected chi connectivity index (χ4v) is 2.34. The van der Waals surface area contributed by atoms with Gasteiger partial charge < -0.3 is 14.8 Å². The Balaban J connectivity index is 2.05. The van der Waals surface area contributed by atoms with Gasteiger partial charge in [-0.15, -0.1) is 0 Å². The summed E-state index contributed by atoms with van der Waals surface area (Å²) < 4.78 is 9.91. The number of methoxy groups -OCH3 is 1. The molecule has 1 amide bonds. The Morgan fingerprint density at radius 2 is 1.96 bits per heavy atom. The lowest BCUT2D eigenvalue weighted by Gasteiger charge is -2.10. The van der Waals surface area contributed by atoms with E-state index in [1.807, 2.05) is 0 Å². The van der Waals surface area contributed by atoms with Crippen LogP contribution in [-0.4, -0.2) is 30.5 Å². The van der Waals surface area contributed by atoms with Crippen molar-refractivity contribution in [1.82, 2.24) is 0 Å². The van der Waals surface area contributed by atoms with Crippen molar-refractivity contribution in [3.05, 3.63) is 62.1 Å². The van der Waals surface area contributed by atoms with Crippen molar-refractivity contribution in [2.24, 2.45) is 0 Å². The fourth-order valence-electron chi connectivity index (χ4n) is 1.96. The molecule has 0 atom stereocenters. The molecule has 0 radical (unpaired) electrons. The molecule has 1 N–H and O–H groups in total. The quantitative estimate of drug-likeness (QED) is 0.451. The molecule has 0 saturated carbocycles. The highest BCUT2D eigenvalue weighted by atomic mass is 35.5. The standard InChI is InChI=1S/C16H12Cl2N2O6/c1-25-13-6-5-9(20(23)24)7-12(13)19-14(21)8-26-16(22)10-3-2-4-11(17)15(10)18/h2-7H,8H2,1H3,(H,19,21). The first-order chi connectivity index (χ1) is 12.3. The lowest BCUT2D eigenvalue weighted by Crippen LogP contribution is -2.21. The Hall–Kier alpha value is -2.84. The average Bonchev–Trinajstić information content (AvgIpc) is 2.61. The number of anilines is 1. The van der Waals surface area contributed by atoms with Gasteiger partial charge in [0.05, 0.1) is 33.3 Å². The number of carbonyl (C=O) groups is 2. The van der Waals surface area contributed by atoms with Crippen LogP contribution in [0.25, 0.3) is 0 Å². The molecule has 0 aliphatic carbocycles. The first kappa shape index (κ1) is 19.5. The minimum Gasteiger partial charge on any atom is -0.495 e. The lowest BCUT2D eigenvalue weighted by atomic mass is 10.2. The molecule has 2 aromatic rings. The lowest BCUT2D eigenvalue weighted by molar-refractivity contribution is -0.384. The van der Waals surface area contributed by atoms with Crippen LogP contribution >= 0.6 is 23.2 Å². The molecule has 8 nitrogen and oxygen atoms in total. The number of ether oxygens (including phenoxy) is 2. The van der Waals surface area contributed by atoms with E-state index in [1.54, 1.807) is 0 Å². The van der Waals surface area contributed by atoms with Crippen LogP contribution in [0.3, 0.4) is 0 Å². The number of nitrogens with one attached hydrogen (secondary N) is 1. The van der Waals surface area contributed by atoms with Gasteiger partial charge in [-0.2, -0.15) is 0 Å². The van der Waals surface area contributed by atoms with Gasteiger partial charge in [-0.3, -0.25) is 14.9 Å². The topological polar surface area (TPSA) is 108 Å². The van der Waals surface area contributed by atoms with Crippen molar-refractivity contribution in [1.29, 1.82) is 0 Å². The van der Waals surface area contributed by atoms with Gasteiger partial charge in [0.2, 0.25) is 0 Å². The van der Waals surface area contributed by atoms with Crippen LogP contribution in [0.5, 0.6) is 5.75 Å². The van der Waals surface area contributed by atoms with Crippen molar-refractivity contribution < 1.29 is 24.0 Å². The molecule has 26 heavy (non-hydrogen) atoms. The van der Waals surface area contributed by atoms with E-state index in [0.717, 1.165) is 6.07 Å². The Kier molecular flexibility index (Phi) is 6.37. The summed E-state index contributed by atoms with van der Waals surface area (Å²) in [5, 5.41) is 13.4. The smallest absolute Gasteiger partial charge is 0.340 e. The molecule has 0 aromatic heterocycles. The molecule has 0 fully saturated rings. The molecule has 10 heteroatoms. The number of amides is 1. The molecule has 0 heterocycles. The first-order valence-corrected chi connectivity index (χ1v) is 7.82. The SMILES string of the molecule is COc1ccc([N+](=O)[O-])cc1NC(=O)COC(=O)c1cccc(Cl)c1Cl. The van der Waals surface area contributed by atoms with Crippen molar-refractivity contribution in [2.75, 3.05) is 19.0 Å². The van der Waals surface area contributed by atoms with Crippen LogP contribution in [0.15, 0.2) is 36.4 Å². The molecule has 2 aromatic carbocycles. The zero-order valence-electron chi connectivity index (χ0n) is 13.3. The summed E-state index contributed by atoms with van der Waals surface area (Å²) in [6, 6.07) is 8.12. The highest BCUT2D eigenvalue weighted by molar-refractivity contribution is 6.43. The van der Waals surface area contributed by atoms with E-state index in [1.165, 1.54) is 37.4 Å². The Morgan fingerprint density at radius 3 is 2.62 bits per heavy atom. The summed E-state index contributed by atoms with van der Waals surface area (Å²) in [5.74, 6) is -1.33. The van der Waals surface area contributed by atoms with Gasteiger partial charge in [0.15, 0.2) is 6.61 Å². The predicted octanol–water partition coefficient (Wildman–Crippen LogP) is 3.71. The second-order valence-electron chi connectivity index (χ2n) is 4.87. The van der Waals surface area contributed by atoms with Crippen LogP contribution in [0, 0.1) is 10.1 Å². The number of rotatable bonds is 6. The maximum absolute atomic E-state index is 12.0. The molecule has 136 valence electrons. The molecule has 2 rings (SSSR count). The number of non-ortho nitro benzene ring substituents is 1. The molecular formula is C16H12Cl2N2O6. The maximum atomic E-state index is 12.0. The zero-order valence-corrected chi connectivity index (χ0v) is 14.8. The molecule has 0 spiro atoms. The highest BCUT2D eigenvalue weighted by Crippen LogP contribution is 2.29. The van der Waals surface area contributed by atoms with E-state index in [4.69, 9.17) is 32.7 Å². The second kappa shape index (κ2) is 8.50. The zero-order chi connectivity index (χ0) is 19.3. The molecule has 0 saturated heterocycles. The Labute approximate surface area is 157 Å². The number of halogens is 2. The normalized spacial score (nSPS) is 10.1. The third-order valence-electron chi connectivity index (χ3n) is 3.17. The predicted molar refractivity (Wildman–Crippen MR) is 95.0 cm³/mol. The van der Waals surface area contributed by atoms with Crippen LogP contribution in [0.2, 0.25) is 10.0 Å². The van der Waals surface area contributed by atoms with Crippen LogP contribution in [0.4, 0.5) is 11.4 Å². The first-order valence-electron chi connectivity index (χ1n) is 7.07. The van der Waals surface area contributed by atoms with Crippen LogP contribution in [-0.2, 0) is 9.53 Å². The molecule has 0 unspecified atom stereocenters. The largest absolute Gasteiger partial charge is 0.495 e. The van der Waals surface area contributed by atoms with Gasteiger partial charge >= 0.3 is 5.97 Å². The van der Waals surface area contributed by atoms with Gasteiger partial charge in [0, 0.05) is 12.1 Å². The summed E-state index contributed by atoms with van der Waals surface area (Å²) >= 11 is 11.7. The summed E-state index contributed by atoms with van der Waals surface area (Å²) in [5.41, 5.74) is -0.146. The average molecular weight is 399 g/mol. The number of nitro benzene ring substituents is 1. The number of esters is 1. The van der Waals surface area contributed by atoms with Gasteiger partial charge in [0.1, 0.15) is 5.75 Å². The van der Waals surface area contributed by atoms with Gasteiger partial charge in [-0.05, 0) is 18.2 Å².